The Hall–Kier alpha value is -1.37. The van der Waals surface area contributed by atoms with E-state index in [2.05, 4.69) is 38.1 Å². The van der Waals surface area contributed by atoms with Gasteiger partial charge in [-0.3, -0.25) is 4.79 Å². The summed E-state index contributed by atoms with van der Waals surface area (Å²) < 4.78 is 0. The largest absolute Gasteiger partial charge is 0.298 e. The SMILES string of the molecule is C/C(C=O)=C\c1ccc(CCC(C)C)cc1. The average Bonchev–Trinajstić information content (AvgIpc) is 2.28. The van der Waals surface area contributed by atoms with Crippen LogP contribution >= 0.6 is 0 Å². The van der Waals surface area contributed by atoms with Crippen molar-refractivity contribution in [2.45, 2.75) is 33.6 Å². The Bertz CT molecular complexity index is 358. The Kier molecular flexibility index (Phi) is 4.97. The third-order valence-corrected chi connectivity index (χ3v) is 2.57. The zero-order chi connectivity index (χ0) is 12.0. The van der Waals surface area contributed by atoms with Crippen molar-refractivity contribution >= 4 is 12.4 Å². The van der Waals surface area contributed by atoms with E-state index >= 15 is 0 Å². The van der Waals surface area contributed by atoms with Gasteiger partial charge in [-0.2, -0.15) is 0 Å². The summed E-state index contributed by atoms with van der Waals surface area (Å²) in [6.07, 6.45) is 5.14. The van der Waals surface area contributed by atoms with E-state index in [0.717, 1.165) is 29.8 Å². The summed E-state index contributed by atoms with van der Waals surface area (Å²) in [5.74, 6) is 0.747. The van der Waals surface area contributed by atoms with E-state index in [1.165, 1.54) is 12.0 Å². The first-order valence-electron chi connectivity index (χ1n) is 5.84. The molecule has 0 fully saturated rings. The molecule has 1 aromatic carbocycles. The highest BCUT2D eigenvalue weighted by molar-refractivity contribution is 5.80. The lowest BCUT2D eigenvalue weighted by Crippen LogP contribution is -1.91. The molecule has 0 heterocycles. The van der Waals surface area contributed by atoms with E-state index in [1.54, 1.807) is 0 Å². The molecule has 0 bridgehead atoms. The lowest BCUT2D eigenvalue weighted by molar-refractivity contribution is -0.104. The second-order valence-electron chi connectivity index (χ2n) is 4.68. The molecule has 0 atom stereocenters. The molecular formula is C15H20O. The number of aryl methyl sites for hydroxylation is 1. The van der Waals surface area contributed by atoms with Gasteiger partial charge in [-0.1, -0.05) is 38.1 Å². The minimum Gasteiger partial charge on any atom is -0.298 e. The van der Waals surface area contributed by atoms with Crippen LogP contribution in [0.25, 0.3) is 6.08 Å². The van der Waals surface area contributed by atoms with E-state index in [4.69, 9.17) is 0 Å². The highest BCUT2D eigenvalue weighted by atomic mass is 16.1. The lowest BCUT2D eigenvalue weighted by Gasteiger charge is -2.04. The Morgan fingerprint density at radius 1 is 1.25 bits per heavy atom. The number of aldehydes is 1. The van der Waals surface area contributed by atoms with Gasteiger partial charge in [0.2, 0.25) is 0 Å². The maximum Gasteiger partial charge on any atom is 0.145 e. The van der Waals surface area contributed by atoms with Gasteiger partial charge in [-0.25, -0.2) is 0 Å². The summed E-state index contributed by atoms with van der Waals surface area (Å²) in [5.41, 5.74) is 3.22. The van der Waals surface area contributed by atoms with Crippen LogP contribution in [0.2, 0.25) is 0 Å². The normalized spacial score (nSPS) is 11.9. The van der Waals surface area contributed by atoms with Crippen LogP contribution in [0.1, 0.15) is 38.3 Å². The molecule has 1 rings (SSSR count). The molecule has 1 nitrogen and oxygen atoms in total. The standard InChI is InChI=1S/C15H20O/c1-12(2)4-5-14-6-8-15(9-7-14)10-13(3)11-16/h6-12H,4-5H2,1-3H3/b13-10+. The maximum atomic E-state index is 10.5. The van der Waals surface area contributed by atoms with Crippen LogP contribution in [0.3, 0.4) is 0 Å². The summed E-state index contributed by atoms with van der Waals surface area (Å²) in [6, 6.07) is 8.43. The van der Waals surface area contributed by atoms with Crippen LogP contribution in [0.15, 0.2) is 29.8 Å². The Labute approximate surface area is 98.2 Å². The van der Waals surface area contributed by atoms with Crippen LogP contribution in [-0.4, -0.2) is 6.29 Å². The predicted molar refractivity (Wildman–Crippen MR) is 69.3 cm³/mol. The van der Waals surface area contributed by atoms with E-state index in [-0.39, 0.29) is 0 Å². The molecule has 0 spiro atoms. The van der Waals surface area contributed by atoms with E-state index < -0.39 is 0 Å². The van der Waals surface area contributed by atoms with Gasteiger partial charge in [0.05, 0.1) is 0 Å². The van der Waals surface area contributed by atoms with Crippen molar-refractivity contribution in [1.82, 2.24) is 0 Å². The maximum absolute atomic E-state index is 10.5. The van der Waals surface area contributed by atoms with Crippen molar-refractivity contribution in [2.24, 2.45) is 5.92 Å². The van der Waals surface area contributed by atoms with Crippen molar-refractivity contribution < 1.29 is 4.79 Å². The van der Waals surface area contributed by atoms with Gasteiger partial charge < -0.3 is 0 Å². The van der Waals surface area contributed by atoms with Gasteiger partial charge in [0, 0.05) is 0 Å². The van der Waals surface area contributed by atoms with Gasteiger partial charge in [-0.05, 0) is 48.5 Å². The molecule has 0 radical (unpaired) electrons. The minimum absolute atomic E-state index is 0.747. The second-order valence-corrected chi connectivity index (χ2v) is 4.68. The van der Waals surface area contributed by atoms with E-state index in [1.807, 2.05) is 13.0 Å². The molecule has 1 aromatic rings. The fourth-order valence-electron chi connectivity index (χ4n) is 1.53. The zero-order valence-electron chi connectivity index (χ0n) is 10.4. The molecule has 0 aliphatic carbocycles. The molecule has 0 N–H and O–H groups in total. The molecule has 0 amide bonds. The summed E-state index contributed by atoms with van der Waals surface area (Å²) in [7, 11) is 0. The number of hydrogen-bond donors (Lipinski definition) is 0. The number of carbonyl (C=O) groups excluding carboxylic acids is 1. The first kappa shape index (κ1) is 12.7. The van der Waals surface area contributed by atoms with Crippen molar-refractivity contribution in [3.05, 3.63) is 41.0 Å². The Morgan fingerprint density at radius 2 is 1.88 bits per heavy atom. The van der Waals surface area contributed by atoms with Gasteiger partial charge in [0.25, 0.3) is 0 Å². The summed E-state index contributed by atoms with van der Waals surface area (Å²) in [5, 5.41) is 0. The molecule has 0 unspecified atom stereocenters. The summed E-state index contributed by atoms with van der Waals surface area (Å²) >= 11 is 0. The quantitative estimate of drug-likeness (QED) is 0.539. The fraction of sp³-hybridized carbons (Fsp3) is 0.400. The van der Waals surface area contributed by atoms with Crippen LogP contribution in [0.4, 0.5) is 0 Å². The van der Waals surface area contributed by atoms with Gasteiger partial charge in [-0.15, -0.1) is 0 Å². The molecule has 86 valence electrons. The third-order valence-electron chi connectivity index (χ3n) is 2.57. The molecular weight excluding hydrogens is 196 g/mol. The minimum atomic E-state index is 0.747. The third kappa shape index (κ3) is 4.43. The smallest absolute Gasteiger partial charge is 0.145 e. The molecule has 1 heteroatoms. The predicted octanol–water partition coefficient (Wildman–Crippen LogP) is 3.88. The van der Waals surface area contributed by atoms with Crippen LogP contribution in [-0.2, 0) is 11.2 Å². The number of carbonyl (C=O) groups is 1. The van der Waals surface area contributed by atoms with Crippen molar-refractivity contribution in [1.29, 1.82) is 0 Å². The second kappa shape index (κ2) is 6.26. The van der Waals surface area contributed by atoms with Crippen molar-refractivity contribution in [3.8, 4) is 0 Å². The average molecular weight is 216 g/mol. The zero-order valence-corrected chi connectivity index (χ0v) is 10.4. The van der Waals surface area contributed by atoms with Crippen LogP contribution < -0.4 is 0 Å². The summed E-state index contributed by atoms with van der Waals surface area (Å²) in [6.45, 7) is 6.30. The number of hydrogen-bond acceptors (Lipinski definition) is 1. The Balaban J connectivity index is 2.64. The number of allylic oxidation sites excluding steroid dienone is 1. The molecule has 0 aromatic heterocycles. The van der Waals surface area contributed by atoms with Gasteiger partial charge in [0.15, 0.2) is 0 Å². The monoisotopic (exact) mass is 216 g/mol. The van der Waals surface area contributed by atoms with Crippen molar-refractivity contribution in [2.75, 3.05) is 0 Å². The summed E-state index contributed by atoms with van der Waals surface area (Å²) in [4.78, 5) is 10.5. The van der Waals surface area contributed by atoms with E-state index in [9.17, 15) is 4.79 Å². The number of benzene rings is 1. The Morgan fingerprint density at radius 3 is 2.38 bits per heavy atom. The first-order chi connectivity index (χ1) is 7.61. The fourth-order valence-corrected chi connectivity index (χ4v) is 1.53. The molecule has 0 saturated heterocycles. The molecule has 0 aliphatic heterocycles. The van der Waals surface area contributed by atoms with Gasteiger partial charge in [0.1, 0.15) is 6.29 Å². The van der Waals surface area contributed by atoms with E-state index in [0.29, 0.717) is 0 Å². The highest BCUT2D eigenvalue weighted by Crippen LogP contribution is 2.12. The van der Waals surface area contributed by atoms with Gasteiger partial charge >= 0.3 is 0 Å². The lowest BCUT2D eigenvalue weighted by atomic mass is 10.0. The molecule has 16 heavy (non-hydrogen) atoms. The first-order valence-corrected chi connectivity index (χ1v) is 5.84. The topological polar surface area (TPSA) is 17.1 Å². The molecule has 0 saturated carbocycles. The number of rotatable bonds is 5. The van der Waals surface area contributed by atoms with Crippen molar-refractivity contribution in [3.63, 3.8) is 0 Å². The highest BCUT2D eigenvalue weighted by Gasteiger charge is 1.97. The van der Waals surface area contributed by atoms with Crippen LogP contribution in [0.5, 0.6) is 0 Å². The van der Waals surface area contributed by atoms with Crippen LogP contribution in [0, 0.1) is 5.92 Å². The molecule has 0 aliphatic rings.